The molecule has 0 aliphatic carbocycles. The molecule has 1 aromatic heterocycles. The molecule has 1 N–H and O–H groups in total. The lowest BCUT2D eigenvalue weighted by Gasteiger charge is -2.12. The van der Waals surface area contributed by atoms with Crippen molar-refractivity contribution in [3.05, 3.63) is 57.5 Å². The van der Waals surface area contributed by atoms with E-state index in [9.17, 15) is 9.59 Å². The molecule has 5 nitrogen and oxygen atoms in total. The summed E-state index contributed by atoms with van der Waals surface area (Å²) in [5.41, 5.74) is 1.42. The predicted molar refractivity (Wildman–Crippen MR) is 75.6 cm³/mol. The van der Waals surface area contributed by atoms with E-state index in [4.69, 9.17) is 5.11 Å². The first-order valence-electron chi connectivity index (χ1n) is 6.34. The minimum atomic E-state index is -1.32. The van der Waals surface area contributed by atoms with E-state index in [-0.39, 0.29) is 0 Å². The number of nitrogens with zero attached hydrogens (tertiary/aromatic N) is 2. The van der Waals surface area contributed by atoms with Crippen LogP contribution in [-0.4, -0.2) is 20.9 Å². The van der Waals surface area contributed by atoms with Gasteiger partial charge in [-0.1, -0.05) is 26.0 Å². The minimum Gasteiger partial charge on any atom is -0.476 e. The molecule has 0 atom stereocenters. The van der Waals surface area contributed by atoms with E-state index in [1.165, 1.54) is 10.7 Å². The molecule has 2 aromatic rings. The number of aryl methyl sites for hydroxylation is 1. The zero-order valence-electron chi connectivity index (χ0n) is 11.6. The molecular weight excluding hydrogens is 256 g/mol. The van der Waals surface area contributed by atoms with E-state index in [2.05, 4.69) is 18.9 Å². The van der Waals surface area contributed by atoms with Crippen molar-refractivity contribution in [3.8, 4) is 5.69 Å². The highest BCUT2D eigenvalue weighted by atomic mass is 16.4. The Morgan fingerprint density at radius 3 is 2.60 bits per heavy atom. The SMILES string of the molecule is Cc1cc(=O)c(C(=O)O)nn1-c1cccc(C(C)C)c1. The predicted octanol–water partition coefficient (Wildman–Crippen LogP) is 2.36. The lowest BCUT2D eigenvalue weighted by molar-refractivity contribution is 0.0686. The first-order chi connectivity index (χ1) is 9.40. The third-order valence-corrected chi connectivity index (χ3v) is 3.09. The number of aromatic carboxylic acids is 1. The van der Waals surface area contributed by atoms with Gasteiger partial charge in [-0.25, -0.2) is 9.48 Å². The van der Waals surface area contributed by atoms with Gasteiger partial charge in [0.2, 0.25) is 11.1 Å². The van der Waals surface area contributed by atoms with Gasteiger partial charge < -0.3 is 5.11 Å². The van der Waals surface area contributed by atoms with Crippen molar-refractivity contribution >= 4 is 5.97 Å². The Kier molecular flexibility index (Phi) is 3.70. The molecule has 0 aliphatic rings. The summed E-state index contributed by atoms with van der Waals surface area (Å²) in [6.45, 7) is 5.88. The minimum absolute atomic E-state index is 0.355. The lowest BCUT2D eigenvalue weighted by Crippen LogP contribution is -2.22. The van der Waals surface area contributed by atoms with Gasteiger partial charge in [0.05, 0.1) is 5.69 Å². The summed E-state index contributed by atoms with van der Waals surface area (Å²) < 4.78 is 1.48. The molecule has 0 saturated heterocycles. The zero-order valence-corrected chi connectivity index (χ0v) is 11.6. The normalized spacial score (nSPS) is 10.8. The largest absolute Gasteiger partial charge is 0.476 e. The van der Waals surface area contributed by atoms with Gasteiger partial charge in [-0.05, 0) is 30.5 Å². The molecule has 0 bridgehead atoms. The van der Waals surface area contributed by atoms with Crippen LogP contribution in [0.3, 0.4) is 0 Å². The summed E-state index contributed by atoms with van der Waals surface area (Å²) in [6.07, 6.45) is 0. The summed E-state index contributed by atoms with van der Waals surface area (Å²) in [7, 11) is 0. The van der Waals surface area contributed by atoms with Gasteiger partial charge in [0.15, 0.2) is 0 Å². The van der Waals surface area contributed by atoms with E-state index in [1.54, 1.807) is 6.92 Å². The maximum atomic E-state index is 11.6. The van der Waals surface area contributed by atoms with Gasteiger partial charge in [-0.2, -0.15) is 5.10 Å². The highest BCUT2D eigenvalue weighted by molar-refractivity contribution is 5.84. The molecule has 0 aliphatic heterocycles. The molecule has 1 heterocycles. The Labute approximate surface area is 116 Å². The van der Waals surface area contributed by atoms with Crippen molar-refractivity contribution in [3.63, 3.8) is 0 Å². The Balaban J connectivity index is 2.63. The van der Waals surface area contributed by atoms with Crippen LogP contribution in [0.25, 0.3) is 5.69 Å². The molecule has 1 aromatic carbocycles. The van der Waals surface area contributed by atoms with Crippen LogP contribution in [0.5, 0.6) is 0 Å². The number of hydrogen-bond acceptors (Lipinski definition) is 3. The van der Waals surface area contributed by atoms with E-state index in [0.717, 1.165) is 11.3 Å². The van der Waals surface area contributed by atoms with Crippen molar-refractivity contribution in [2.75, 3.05) is 0 Å². The zero-order chi connectivity index (χ0) is 14.9. The number of carbonyl (C=O) groups is 1. The van der Waals surface area contributed by atoms with Crippen LogP contribution >= 0.6 is 0 Å². The summed E-state index contributed by atoms with van der Waals surface area (Å²) >= 11 is 0. The smallest absolute Gasteiger partial charge is 0.360 e. The number of carboxylic acid groups (broad SMARTS) is 1. The molecule has 0 spiro atoms. The number of aromatic nitrogens is 2. The van der Waals surface area contributed by atoms with Gasteiger partial charge >= 0.3 is 5.97 Å². The monoisotopic (exact) mass is 272 g/mol. The van der Waals surface area contributed by atoms with Gasteiger partial charge in [0.25, 0.3) is 0 Å². The van der Waals surface area contributed by atoms with Crippen LogP contribution in [0.15, 0.2) is 35.1 Å². The lowest BCUT2D eigenvalue weighted by atomic mass is 10.0. The molecule has 0 unspecified atom stereocenters. The molecule has 20 heavy (non-hydrogen) atoms. The quantitative estimate of drug-likeness (QED) is 0.931. The van der Waals surface area contributed by atoms with E-state index in [0.29, 0.717) is 11.6 Å². The van der Waals surface area contributed by atoms with Gasteiger partial charge in [-0.15, -0.1) is 0 Å². The van der Waals surface area contributed by atoms with Crippen LogP contribution in [0.2, 0.25) is 0 Å². The Morgan fingerprint density at radius 1 is 1.30 bits per heavy atom. The first-order valence-corrected chi connectivity index (χ1v) is 6.34. The van der Waals surface area contributed by atoms with Crippen molar-refractivity contribution in [2.45, 2.75) is 26.7 Å². The van der Waals surface area contributed by atoms with Crippen LogP contribution in [0.1, 0.15) is 41.5 Å². The van der Waals surface area contributed by atoms with Gasteiger partial charge in [-0.3, -0.25) is 4.79 Å². The third-order valence-electron chi connectivity index (χ3n) is 3.09. The summed E-state index contributed by atoms with van der Waals surface area (Å²) in [5, 5.41) is 12.9. The highest BCUT2D eigenvalue weighted by Crippen LogP contribution is 2.18. The molecular formula is C15H16N2O3. The summed E-state index contributed by atoms with van der Waals surface area (Å²) in [6, 6.07) is 8.97. The van der Waals surface area contributed by atoms with Crippen LogP contribution < -0.4 is 5.43 Å². The summed E-state index contributed by atoms with van der Waals surface area (Å²) in [4.78, 5) is 22.6. The van der Waals surface area contributed by atoms with E-state index >= 15 is 0 Å². The van der Waals surface area contributed by atoms with Crippen molar-refractivity contribution in [2.24, 2.45) is 0 Å². The van der Waals surface area contributed by atoms with E-state index < -0.39 is 17.1 Å². The average Bonchev–Trinajstić information content (AvgIpc) is 2.38. The fraction of sp³-hybridized carbons (Fsp3) is 0.267. The summed E-state index contributed by atoms with van der Waals surface area (Å²) in [5.74, 6) is -0.961. The standard InChI is InChI=1S/C15H16N2O3/c1-9(2)11-5-4-6-12(8-11)17-10(3)7-13(18)14(16-17)15(19)20/h4-9H,1-3H3,(H,19,20). The number of benzene rings is 1. The molecule has 0 radical (unpaired) electrons. The molecule has 0 amide bonds. The Hall–Kier alpha value is -2.43. The van der Waals surface area contributed by atoms with Crippen LogP contribution in [-0.2, 0) is 0 Å². The Bertz CT molecular complexity index is 717. The van der Waals surface area contributed by atoms with Crippen molar-refractivity contribution in [1.29, 1.82) is 0 Å². The average molecular weight is 272 g/mol. The third kappa shape index (κ3) is 2.61. The van der Waals surface area contributed by atoms with Crippen molar-refractivity contribution in [1.82, 2.24) is 9.78 Å². The number of carboxylic acids is 1. The molecule has 5 heteroatoms. The van der Waals surface area contributed by atoms with Gasteiger partial charge in [0.1, 0.15) is 0 Å². The maximum Gasteiger partial charge on any atom is 0.360 e. The maximum absolute atomic E-state index is 11.6. The van der Waals surface area contributed by atoms with Crippen LogP contribution in [0, 0.1) is 6.92 Å². The highest BCUT2D eigenvalue weighted by Gasteiger charge is 2.14. The second-order valence-corrected chi connectivity index (χ2v) is 4.97. The number of hydrogen-bond donors (Lipinski definition) is 1. The molecule has 2 rings (SSSR count). The molecule has 104 valence electrons. The second kappa shape index (κ2) is 5.28. The van der Waals surface area contributed by atoms with Gasteiger partial charge in [0, 0.05) is 11.8 Å². The molecule has 0 saturated carbocycles. The fourth-order valence-corrected chi connectivity index (χ4v) is 1.97. The van der Waals surface area contributed by atoms with Crippen LogP contribution in [0.4, 0.5) is 0 Å². The topological polar surface area (TPSA) is 72.2 Å². The Morgan fingerprint density at radius 2 is 2.00 bits per heavy atom. The second-order valence-electron chi connectivity index (χ2n) is 4.97. The van der Waals surface area contributed by atoms with E-state index in [1.807, 2.05) is 24.3 Å². The van der Waals surface area contributed by atoms with Crippen molar-refractivity contribution < 1.29 is 9.90 Å². The number of rotatable bonds is 3. The molecule has 0 fully saturated rings. The fourth-order valence-electron chi connectivity index (χ4n) is 1.97. The first kappa shape index (κ1) is 14.0.